The molecule has 2 aliphatic heterocycles. The molecule has 3 atom stereocenters. The van der Waals surface area contributed by atoms with Crippen molar-refractivity contribution in [1.82, 2.24) is 25.8 Å². The summed E-state index contributed by atoms with van der Waals surface area (Å²) >= 11 is 0. The smallest absolute Gasteiger partial charge is 0.253 e. The molecular formula is C61H107N5O5. The number of benzene rings is 1. The van der Waals surface area contributed by atoms with Crippen LogP contribution >= 0.6 is 0 Å². The third-order valence-corrected chi connectivity index (χ3v) is 15.5. The van der Waals surface area contributed by atoms with Gasteiger partial charge in [-0.1, -0.05) is 233 Å². The molecule has 0 radical (unpaired) electrons. The number of hydrogen-bond acceptors (Lipinski definition) is 5. The lowest BCUT2D eigenvalue weighted by molar-refractivity contribution is -0.132. The Bertz CT molecular complexity index is 1500. The normalized spacial score (nSPS) is 16.7. The summed E-state index contributed by atoms with van der Waals surface area (Å²) in [5.41, 5.74) is 0.900. The second kappa shape index (κ2) is 41.0. The number of unbranched alkanes of at least 4 members (excludes halogenated alkanes) is 33. The van der Waals surface area contributed by atoms with E-state index in [9.17, 15) is 24.0 Å². The summed E-state index contributed by atoms with van der Waals surface area (Å²) in [6.45, 7) is 9.88. The Morgan fingerprint density at radius 3 is 0.944 bits per heavy atom. The maximum absolute atomic E-state index is 14.0. The van der Waals surface area contributed by atoms with Crippen molar-refractivity contribution in [3.05, 3.63) is 35.4 Å². The summed E-state index contributed by atoms with van der Waals surface area (Å²) in [4.78, 5) is 71.3. The fraction of sp³-hybridized carbons (Fsp3) is 0.820. The first-order chi connectivity index (χ1) is 34.8. The van der Waals surface area contributed by atoms with E-state index in [1.165, 1.54) is 193 Å². The molecule has 2 fully saturated rings. The molecule has 0 bridgehead atoms. The van der Waals surface area contributed by atoms with Gasteiger partial charge in [0.1, 0.15) is 0 Å². The number of rotatable bonds is 44. The van der Waals surface area contributed by atoms with Gasteiger partial charge in [0.2, 0.25) is 17.7 Å². The molecular weight excluding hydrogens is 883 g/mol. The number of likely N-dealkylation sites (tertiary alicyclic amines) is 2. The summed E-state index contributed by atoms with van der Waals surface area (Å²) in [6.07, 6.45) is 46.1. The average Bonchev–Trinajstić information content (AvgIpc) is 4.07. The Balaban J connectivity index is 1.42. The predicted molar refractivity (Wildman–Crippen MR) is 296 cm³/mol. The van der Waals surface area contributed by atoms with Gasteiger partial charge in [-0.3, -0.25) is 24.0 Å². The molecule has 0 aromatic heterocycles. The fourth-order valence-electron chi connectivity index (χ4n) is 10.7. The summed E-state index contributed by atoms with van der Waals surface area (Å²) in [5, 5.41) is 9.36. The third-order valence-electron chi connectivity index (χ3n) is 15.5. The first kappa shape index (κ1) is 61.9. The van der Waals surface area contributed by atoms with E-state index < -0.39 is 11.8 Å². The SMILES string of the molecule is CCCCCCCCCCCCCCNC(=O)[C@H]1CCN(C(=O)c2ccc(C(=O)N3C[C@@H](C(=O)NCCCCCCCCCCCCCC)[C@H](C(=O)NCCCCCCCCCCCCCC)C3)cc2)C1. The van der Waals surface area contributed by atoms with Crippen molar-refractivity contribution in [3.63, 3.8) is 0 Å². The molecule has 2 aliphatic rings. The van der Waals surface area contributed by atoms with Crippen LogP contribution in [0.15, 0.2) is 24.3 Å². The first-order valence-corrected chi connectivity index (χ1v) is 30.3. The molecule has 0 aliphatic carbocycles. The van der Waals surface area contributed by atoms with E-state index in [0.717, 1.165) is 38.5 Å². The third kappa shape index (κ3) is 27.4. The standard InChI is InChI=1S/C61H107N5O5/c1-4-7-10-13-16-19-22-25-28-31-34-37-45-62-57(67)54-44-48-65(49-54)60(70)52-40-42-53(43-41-52)61(71)66-50-55(58(68)63-46-38-35-32-29-26-23-20-17-14-11-8-5-2)56(51-66)59(69)64-47-39-36-33-30-27-24-21-18-15-12-9-6-3/h40-43,54-56H,4-39,44-51H2,1-3H3,(H,62,67)(H,63,68)(H,64,69)/t54-,55+,56+/m0/s1. The lowest BCUT2D eigenvalue weighted by atomic mass is 9.94. The molecule has 3 rings (SSSR count). The van der Waals surface area contributed by atoms with E-state index >= 15 is 0 Å². The molecule has 0 saturated carbocycles. The Kier molecular flexibility index (Phi) is 35.7. The van der Waals surface area contributed by atoms with Crippen LogP contribution in [0.5, 0.6) is 0 Å². The predicted octanol–water partition coefficient (Wildman–Crippen LogP) is 14.3. The van der Waals surface area contributed by atoms with Gasteiger partial charge in [0, 0.05) is 56.9 Å². The quantitative estimate of drug-likeness (QED) is 0.0561. The first-order valence-electron chi connectivity index (χ1n) is 30.3. The summed E-state index contributed by atoms with van der Waals surface area (Å²) in [6, 6.07) is 6.72. The Morgan fingerprint density at radius 2 is 0.634 bits per heavy atom. The highest BCUT2D eigenvalue weighted by Crippen LogP contribution is 2.27. The molecule has 2 saturated heterocycles. The average molecular weight is 991 g/mol. The molecule has 0 spiro atoms. The van der Waals surface area contributed by atoms with Crippen molar-refractivity contribution in [2.75, 3.05) is 45.8 Å². The van der Waals surface area contributed by atoms with Crippen LogP contribution in [0.4, 0.5) is 0 Å². The fourth-order valence-corrected chi connectivity index (χ4v) is 10.7. The Labute approximate surface area is 434 Å². The van der Waals surface area contributed by atoms with Crippen molar-refractivity contribution < 1.29 is 24.0 Å². The minimum atomic E-state index is -0.621. The van der Waals surface area contributed by atoms with Crippen LogP contribution in [-0.2, 0) is 14.4 Å². The van der Waals surface area contributed by atoms with Gasteiger partial charge in [-0.15, -0.1) is 0 Å². The monoisotopic (exact) mass is 990 g/mol. The van der Waals surface area contributed by atoms with Crippen molar-refractivity contribution in [1.29, 1.82) is 0 Å². The summed E-state index contributed by atoms with van der Waals surface area (Å²) in [5.74, 6) is -2.12. The topological polar surface area (TPSA) is 128 Å². The van der Waals surface area contributed by atoms with Gasteiger partial charge in [0.15, 0.2) is 0 Å². The van der Waals surface area contributed by atoms with E-state index in [2.05, 4.69) is 36.7 Å². The number of carbonyl (C=O) groups excluding carboxylic acids is 5. The summed E-state index contributed by atoms with van der Waals surface area (Å²) in [7, 11) is 0. The van der Waals surface area contributed by atoms with Crippen LogP contribution < -0.4 is 16.0 Å². The maximum Gasteiger partial charge on any atom is 0.253 e. The highest BCUT2D eigenvalue weighted by molar-refractivity contribution is 5.99. The largest absolute Gasteiger partial charge is 0.356 e. The van der Waals surface area contributed by atoms with Crippen LogP contribution in [0.2, 0.25) is 0 Å². The number of nitrogens with one attached hydrogen (secondary N) is 3. The summed E-state index contributed by atoms with van der Waals surface area (Å²) < 4.78 is 0. The van der Waals surface area contributed by atoms with Crippen LogP contribution in [0.1, 0.15) is 279 Å². The van der Waals surface area contributed by atoms with Gasteiger partial charge in [-0.2, -0.15) is 0 Å². The molecule has 10 nitrogen and oxygen atoms in total. The van der Waals surface area contributed by atoms with Gasteiger partial charge in [-0.25, -0.2) is 0 Å². The van der Waals surface area contributed by atoms with E-state index in [1.54, 1.807) is 34.1 Å². The van der Waals surface area contributed by atoms with Crippen LogP contribution in [0.25, 0.3) is 0 Å². The van der Waals surface area contributed by atoms with Crippen LogP contribution in [0.3, 0.4) is 0 Å². The number of carbonyl (C=O) groups is 5. The van der Waals surface area contributed by atoms with Gasteiger partial charge in [-0.05, 0) is 49.9 Å². The van der Waals surface area contributed by atoms with Crippen LogP contribution in [-0.4, -0.2) is 85.1 Å². The molecule has 3 N–H and O–H groups in total. The molecule has 10 heteroatoms. The van der Waals surface area contributed by atoms with E-state index in [-0.39, 0.29) is 48.5 Å². The van der Waals surface area contributed by atoms with Crippen molar-refractivity contribution in [2.45, 2.75) is 258 Å². The molecule has 0 unspecified atom stereocenters. The van der Waals surface area contributed by atoms with Gasteiger partial charge < -0.3 is 25.8 Å². The molecule has 1 aromatic carbocycles. The number of hydrogen-bond donors (Lipinski definition) is 3. The van der Waals surface area contributed by atoms with E-state index in [0.29, 0.717) is 50.3 Å². The van der Waals surface area contributed by atoms with Gasteiger partial charge >= 0.3 is 0 Å². The Morgan fingerprint density at radius 1 is 0.366 bits per heavy atom. The molecule has 2 heterocycles. The van der Waals surface area contributed by atoms with Crippen molar-refractivity contribution in [2.24, 2.45) is 17.8 Å². The highest BCUT2D eigenvalue weighted by Gasteiger charge is 2.43. The molecule has 1 aromatic rings. The maximum atomic E-state index is 14.0. The highest BCUT2D eigenvalue weighted by atomic mass is 16.2. The molecule has 71 heavy (non-hydrogen) atoms. The van der Waals surface area contributed by atoms with Crippen molar-refractivity contribution >= 4 is 29.5 Å². The van der Waals surface area contributed by atoms with Gasteiger partial charge in [0.25, 0.3) is 11.8 Å². The molecule has 5 amide bonds. The number of amides is 5. The zero-order valence-corrected chi connectivity index (χ0v) is 46.1. The van der Waals surface area contributed by atoms with Gasteiger partial charge in [0.05, 0.1) is 17.8 Å². The lowest BCUT2D eigenvalue weighted by Crippen LogP contribution is -2.42. The minimum Gasteiger partial charge on any atom is -0.356 e. The second-order valence-electron chi connectivity index (χ2n) is 21.8. The second-order valence-corrected chi connectivity index (χ2v) is 21.8. The van der Waals surface area contributed by atoms with Crippen LogP contribution in [0, 0.1) is 17.8 Å². The zero-order chi connectivity index (χ0) is 51.0. The number of nitrogens with zero attached hydrogens (tertiary/aromatic N) is 2. The Hall–Kier alpha value is -3.43. The zero-order valence-electron chi connectivity index (χ0n) is 46.1. The minimum absolute atomic E-state index is 0.0302. The lowest BCUT2D eigenvalue weighted by Gasteiger charge is -2.18. The molecule has 406 valence electrons. The van der Waals surface area contributed by atoms with E-state index in [1.807, 2.05) is 0 Å². The van der Waals surface area contributed by atoms with E-state index in [4.69, 9.17) is 0 Å². The van der Waals surface area contributed by atoms with Crippen molar-refractivity contribution in [3.8, 4) is 0 Å².